The third kappa shape index (κ3) is 3.01. The monoisotopic (exact) mass is 503 g/mol. The van der Waals surface area contributed by atoms with E-state index in [1.165, 1.54) is 36.0 Å². The fourth-order valence-corrected chi connectivity index (χ4v) is 7.26. The van der Waals surface area contributed by atoms with E-state index in [9.17, 15) is 4.79 Å². The van der Waals surface area contributed by atoms with Crippen LogP contribution in [0.3, 0.4) is 0 Å². The maximum absolute atomic E-state index is 13.5. The molecule has 192 valence electrons. The number of hydrogen-bond acceptors (Lipinski definition) is 4. The van der Waals surface area contributed by atoms with E-state index in [-0.39, 0.29) is 23.5 Å². The zero-order valence-electron chi connectivity index (χ0n) is 22.1. The molecule has 1 amide bonds. The van der Waals surface area contributed by atoms with Crippen LogP contribution in [0, 0.1) is 0 Å². The van der Waals surface area contributed by atoms with Crippen LogP contribution in [0.4, 0.5) is 0 Å². The van der Waals surface area contributed by atoms with Crippen molar-refractivity contribution in [1.29, 1.82) is 0 Å². The van der Waals surface area contributed by atoms with E-state index < -0.39 is 0 Å². The molecule has 6 nitrogen and oxygen atoms in total. The number of amides is 1. The molecule has 2 saturated carbocycles. The van der Waals surface area contributed by atoms with Crippen LogP contribution in [0.15, 0.2) is 48.7 Å². The van der Waals surface area contributed by atoms with Crippen LogP contribution < -0.4 is 5.73 Å². The van der Waals surface area contributed by atoms with Gasteiger partial charge in [-0.2, -0.15) is 0 Å². The SMILES string of the molecule is CCc1cc(-c2ccc3nc4n(c3c2)[C@@H]2C[C@H]4N(C)C(=O)c3cccc(C4CC4)c32)cnc1C1(N)CCC1. The van der Waals surface area contributed by atoms with E-state index in [1.807, 2.05) is 24.2 Å². The molecule has 2 atom stereocenters. The van der Waals surface area contributed by atoms with Crippen molar-refractivity contribution >= 4 is 16.9 Å². The zero-order chi connectivity index (χ0) is 25.8. The van der Waals surface area contributed by atoms with E-state index in [4.69, 9.17) is 15.7 Å². The van der Waals surface area contributed by atoms with Crippen molar-refractivity contribution in [2.24, 2.45) is 5.73 Å². The summed E-state index contributed by atoms with van der Waals surface area (Å²) in [5.74, 6) is 1.70. The number of aromatic nitrogens is 3. The lowest BCUT2D eigenvalue weighted by Crippen LogP contribution is -2.44. The predicted octanol–water partition coefficient (Wildman–Crippen LogP) is 6.00. The maximum Gasteiger partial charge on any atom is 0.254 e. The molecule has 4 heterocycles. The van der Waals surface area contributed by atoms with Crippen molar-refractivity contribution in [3.05, 3.63) is 82.4 Å². The molecule has 38 heavy (non-hydrogen) atoms. The minimum absolute atomic E-state index is 0.0151. The molecule has 6 heteroatoms. The Balaban J connectivity index is 1.29. The summed E-state index contributed by atoms with van der Waals surface area (Å²) >= 11 is 0. The summed E-state index contributed by atoms with van der Waals surface area (Å²) in [6, 6.07) is 15.3. The molecule has 2 aliphatic carbocycles. The van der Waals surface area contributed by atoms with Gasteiger partial charge in [-0.3, -0.25) is 9.78 Å². The molecule has 0 saturated heterocycles. The Bertz CT molecular complexity index is 1640. The molecule has 4 aromatic rings. The Labute approximate surface area is 222 Å². The normalized spacial score (nSPS) is 23.2. The summed E-state index contributed by atoms with van der Waals surface area (Å²) in [5.41, 5.74) is 16.6. The van der Waals surface area contributed by atoms with Gasteiger partial charge in [0.2, 0.25) is 0 Å². The highest BCUT2D eigenvalue weighted by Gasteiger charge is 2.45. The van der Waals surface area contributed by atoms with Crippen molar-refractivity contribution in [3.63, 3.8) is 0 Å². The molecule has 2 N–H and O–H groups in total. The highest BCUT2D eigenvalue weighted by Crippen LogP contribution is 2.52. The van der Waals surface area contributed by atoms with Crippen LogP contribution in [0.1, 0.15) is 102 Å². The lowest BCUT2D eigenvalue weighted by Gasteiger charge is -2.38. The number of nitrogens with zero attached hydrogens (tertiary/aromatic N) is 4. The minimum Gasteiger partial charge on any atom is -0.331 e. The van der Waals surface area contributed by atoms with Crippen LogP contribution in [0.5, 0.6) is 0 Å². The second-order valence-corrected chi connectivity index (χ2v) is 11.9. The van der Waals surface area contributed by atoms with Crippen LogP contribution in [-0.2, 0) is 12.0 Å². The first kappa shape index (κ1) is 22.5. The van der Waals surface area contributed by atoms with E-state index in [2.05, 4.69) is 47.9 Å². The van der Waals surface area contributed by atoms with E-state index in [0.717, 1.165) is 64.9 Å². The largest absolute Gasteiger partial charge is 0.331 e. The fourth-order valence-electron chi connectivity index (χ4n) is 7.26. The smallest absolute Gasteiger partial charge is 0.254 e. The number of fused-ring (bicyclic) bond motifs is 9. The Morgan fingerprint density at radius 3 is 2.66 bits per heavy atom. The van der Waals surface area contributed by atoms with Gasteiger partial charge in [0.05, 0.1) is 34.3 Å². The van der Waals surface area contributed by atoms with Gasteiger partial charge in [-0.1, -0.05) is 25.1 Å². The van der Waals surface area contributed by atoms with Crippen molar-refractivity contribution in [3.8, 4) is 11.1 Å². The molecule has 8 rings (SSSR count). The Hall–Kier alpha value is -3.51. The number of rotatable bonds is 4. The van der Waals surface area contributed by atoms with E-state index in [1.54, 1.807) is 0 Å². The Morgan fingerprint density at radius 1 is 1.08 bits per heavy atom. The summed E-state index contributed by atoms with van der Waals surface area (Å²) in [4.78, 5) is 25.5. The van der Waals surface area contributed by atoms with E-state index in [0.29, 0.717) is 5.92 Å². The number of pyridine rings is 1. The standard InChI is InChI=1S/C32H33N5O/c1-3-18-14-21(17-34-29(18)32(33)12-5-13-32)20-10-11-24-25(15-20)37-26-16-27(30(37)35-24)36(2)31(38)23-7-4-6-22(28(23)26)19-8-9-19/h4,6-7,10-11,14-15,17,19,26-27H,3,5,8-9,12-13,16,33H2,1-2H3/t26-,27-/m1/s1. The number of nitrogens with two attached hydrogens (primary N) is 1. The molecular weight excluding hydrogens is 470 g/mol. The van der Waals surface area contributed by atoms with Crippen molar-refractivity contribution in [1.82, 2.24) is 19.4 Å². The molecule has 0 radical (unpaired) electrons. The van der Waals surface area contributed by atoms with Crippen molar-refractivity contribution in [2.75, 3.05) is 7.05 Å². The minimum atomic E-state index is -0.258. The molecule has 2 fully saturated rings. The fraction of sp³-hybridized carbons (Fsp3) is 0.406. The number of hydrogen-bond donors (Lipinski definition) is 1. The number of carbonyl (C=O) groups excluding carboxylic acids is 1. The maximum atomic E-state index is 13.5. The average Bonchev–Trinajstić information content (AvgIpc) is 3.63. The third-order valence-corrected chi connectivity index (χ3v) is 9.68. The first-order valence-electron chi connectivity index (χ1n) is 14.2. The Morgan fingerprint density at radius 2 is 1.92 bits per heavy atom. The molecule has 0 spiro atoms. The van der Waals surface area contributed by atoms with Crippen LogP contribution in [0.25, 0.3) is 22.2 Å². The van der Waals surface area contributed by atoms with Crippen LogP contribution in [0.2, 0.25) is 0 Å². The van der Waals surface area contributed by atoms with Gasteiger partial charge in [-0.25, -0.2) is 4.98 Å². The van der Waals surface area contributed by atoms with Gasteiger partial charge < -0.3 is 15.2 Å². The van der Waals surface area contributed by atoms with Gasteiger partial charge in [-0.15, -0.1) is 0 Å². The summed E-state index contributed by atoms with van der Waals surface area (Å²) in [6.45, 7) is 2.19. The molecular formula is C32H33N5O. The van der Waals surface area contributed by atoms with Crippen LogP contribution >= 0.6 is 0 Å². The van der Waals surface area contributed by atoms with Gasteiger partial charge in [0.1, 0.15) is 5.82 Å². The topological polar surface area (TPSA) is 77.0 Å². The number of imidazole rings is 1. The first-order valence-corrected chi connectivity index (χ1v) is 14.2. The van der Waals surface area contributed by atoms with Gasteiger partial charge in [0.15, 0.2) is 0 Å². The summed E-state index contributed by atoms with van der Waals surface area (Å²) in [7, 11) is 1.94. The molecule has 0 unspecified atom stereocenters. The summed E-state index contributed by atoms with van der Waals surface area (Å²) in [5, 5.41) is 0. The first-order chi connectivity index (χ1) is 18.5. The average molecular weight is 504 g/mol. The quantitative estimate of drug-likeness (QED) is 0.371. The second-order valence-electron chi connectivity index (χ2n) is 11.9. The number of aryl methyl sites for hydroxylation is 1. The predicted molar refractivity (Wildman–Crippen MR) is 148 cm³/mol. The molecule has 4 aliphatic rings. The molecule has 2 aliphatic heterocycles. The lowest BCUT2D eigenvalue weighted by atomic mass is 9.73. The van der Waals surface area contributed by atoms with Crippen LogP contribution in [-0.4, -0.2) is 32.4 Å². The lowest BCUT2D eigenvalue weighted by molar-refractivity contribution is 0.0734. The zero-order valence-corrected chi connectivity index (χ0v) is 22.1. The van der Waals surface area contributed by atoms with Crippen molar-refractivity contribution < 1.29 is 4.79 Å². The molecule has 2 aromatic carbocycles. The second kappa shape index (κ2) is 7.76. The third-order valence-electron chi connectivity index (χ3n) is 9.68. The molecule has 2 aromatic heterocycles. The van der Waals surface area contributed by atoms with E-state index >= 15 is 0 Å². The molecule has 2 bridgehead atoms. The van der Waals surface area contributed by atoms with Gasteiger partial charge in [0.25, 0.3) is 5.91 Å². The van der Waals surface area contributed by atoms with Crippen molar-refractivity contribution in [2.45, 2.75) is 75.4 Å². The van der Waals surface area contributed by atoms with Gasteiger partial charge >= 0.3 is 0 Å². The highest BCUT2D eigenvalue weighted by molar-refractivity contribution is 5.97. The van der Waals surface area contributed by atoms with Gasteiger partial charge in [-0.05, 0) is 91.0 Å². The highest BCUT2D eigenvalue weighted by atomic mass is 16.2. The van der Waals surface area contributed by atoms with Gasteiger partial charge in [0, 0.05) is 30.8 Å². The summed E-state index contributed by atoms with van der Waals surface area (Å²) in [6.07, 6.45) is 9.45. The summed E-state index contributed by atoms with van der Waals surface area (Å²) < 4.78 is 2.43. The number of benzene rings is 2. The number of carbonyl (C=O) groups is 1. The Kier molecular flexibility index (Phi) is 4.59.